The van der Waals surface area contributed by atoms with Crippen LogP contribution in [-0.4, -0.2) is 49.8 Å². The first-order valence-corrected chi connectivity index (χ1v) is 11.3. The molecule has 0 unspecified atom stereocenters. The van der Waals surface area contributed by atoms with E-state index in [2.05, 4.69) is 17.1 Å². The second kappa shape index (κ2) is 10.4. The first-order valence-electron chi connectivity index (χ1n) is 11.3. The lowest BCUT2D eigenvalue weighted by molar-refractivity contribution is -0.120. The lowest BCUT2D eigenvalue weighted by atomic mass is 9.97. The maximum Gasteiger partial charge on any atom is 0.258 e. The molecule has 4 rings (SSSR count). The van der Waals surface area contributed by atoms with Crippen molar-refractivity contribution in [1.82, 2.24) is 9.97 Å². The maximum absolute atomic E-state index is 13.1. The van der Waals surface area contributed by atoms with Gasteiger partial charge in [0.05, 0.1) is 37.8 Å². The Morgan fingerprint density at radius 1 is 1.09 bits per heavy atom. The van der Waals surface area contributed by atoms with E-state index in [0.29, 0.717) is 42.0 Å². The molecule has 1 atom stereocenters. The maximum atomic E-state index is 13.1. The molecule has 1 N–H and O–H groups in total. The van der Waals surface area contributed by atoms with Crippen molar-refractivity contribution >= 4 is 28.4 Å². The van der Waals surface area contributed by atoms with Crippen molar-refractivity contribution in [2.45, 2.75) is 26.2 Å². The molecule has 0 radical (unpaired) electrons. The van der Waals surface area contributed by atoms with Crippen molar-refractivity contribution in [3.63, 3.8) is 0 Å². The number of methoxy groups -OCH3 is 2. The van der Waals surface area contributed by atoms with Gasteiger partial charge in [-0.25, -0.2) is 9.97 Å². The minimum absolute atomic E-state index is 0.0308. The van der Waals surface area contributed by atoms with Crippen molar-refractivity contribution in [2.24, 2.45) is 5.92 Å². The van der Waals surface area contributed by atoms with Crippen LogP contribution < -0.4 is 24.4 Å². The Bertz CT molecular complexity index is 1120. The Labute approximate surface area is 193 Å². The summed E-state index contributed by atoms with van der Waals surface area (Å²) < 4.78 is 16.6. The standard InChI is InChI=1S/C25H30N4O4/c1-4-14-33-25-23(27-19-9-5-6-10-20(19)28-25)29-13-7-8-17(16-29)24(30)26-18-11-12-21(31-2)22(15-18)32-3/h5-6,9-12,15,17H,4,7-8,13-14,16H2,1-3H3,(H,26,30)/t17-/m0/s1. The number of piperidine rings is 1. The number of hydrogen-bond donors (Lipinski definition) is 1. The van der Waals surface area contributed by atoms with E-state index >= 15 is 0 Å². The van der Waals surface area contributed by atoms with E-state index in [9.17, 15) is 4.79 Å². The number of benzene rings is 2. The number of fused-ring (bicyclic) bond motifs is 1. The summed E-state index contributed by atoms with van der Waals surface area (Å²) in [4.78, 5) is 24.8. The zero-order valence-corrected chi connectivity index (χ0v) is 19.3. The van der Waals surface area contributed by atoms with Crippen molar-refractivity contribution in [1.29, 1.82) is 0 Å². The number of carbonyl (C=O) groups is 1. The molecule has 3 aromatic rings. The Balaban J connectivity index is 1.53. The van der Waals surface area contributed by atoms with Gasteiger partial charge in [0.15, 0.2) is 17.3 Å². The minimum atomic E-state index is -0.181. The number of ether oxygens (including phenoxy) is 3. The molecule has 174 valence electrons. The highest BCUT2D eigenvalue weighted by Crippen LogP contribution is 2.32. The molecule has 2 aromatic carbocycles. The van der Waals surface area contributed by atoms with Crippen LogP contribution in [0.3, 0.4) is 0 Å². The normalized spacial score (nSPS) is 15.8. The highest BCUT2D eigenvalue weighted by Gasteiger charge is 2.29. The summed E-state index contributed by atoms with van der Waals surface area (Å²) in [5.74, 6) is 2.21. The van der Waals surface area contributed by atoms with Gasteiger partial charge in [0.2, 0.25) is 5.91 Å². The van der Waals surface area contributed by atoms with E-state index < -0.39 is 0 Å². The monoisotopic (exact) mass is 450 g/mol. The molecule has 1 amide bonds. The largest absolute Gasteiger partial charge is 0.493 e. The first-order chi connectivity index (χ1) is 16.1. The molecule has 1 aliphatic heterocycles. The van der Waals surface area contributed by atoms with Crippen LogP contribution in [0.25, 0.3) is 11.0 Å². The molecule has 8 nitrogen and oxygen atoms in total. The van der Waals surface area contributed by atoms with Gasteiger partial charge in [-0.3, -0.25) is 4.79 Å². The number of hydrogen-bond acceptors (Lipinski definition) is 7. The number of aromatic nitrogens is 2. The zero-order valence-electron chi connectivity index (χ0n) is 19.3. The average molecular weight is 451 g/mol. The van der Waals surface area contributed by atoms with E-state index in [1.54, 1.807) is 26.4 Å². The van der Waals surface area contributed by atoms with Crippen molar-refractivity contribution < 1.29 is 19.0 Å². The SMILES string of the molecule is CCCOc1nc2ccccc2nc1N1CCC[C@H](C(=O)Nc2ccc(OC)c(OC)c2)C1. The minimum Gasteiger partial charge on any atom is -0.493 e. The van der Waals surface area contributed by atoms with E-state index in [1.807, 2.05) is 30.3 Å². The molecular weight excluding hydrogens is 420 g/mol. The van der Waals surface area contributed by atoms with E-state index in [0.717, 1.165) is 36.8 Å². The lowest BCUT2D eigenvalue weighted by Gasteiger charge is -2.33. The predicted molar refractivity (Wildman–Crippen MR) is 128 cm³/mol. The van der Waals surface area contributed by atoms with Crippen molar-refractivity contribution in [3.8, 4) is 17.4 Å². The van der Waals surface area contributed by atoms with Gasteiger partial charge in [-0.2, -0.15) is 0 Å². The summed E-state index contributed by atoms with van der Waals surface area (Å²) in [6.45, 7) is 3.98. The summed E-state index contributed by atoms with van der Waals surface area (Å²) in [5, 5.41) is 3.02. The molecule has 8 heteroatoms. The summed E-state index contributed by atoms with van der Waals surface area (Å²) in [6, 6.07) is 13.1. The Morgan fingerprint density at radius 2 is 1.85 bits per heavy atom. The third-order valence-electron chi connectivity index (χ3n) is 5.71. The quantitative estimate of drug-likeness (QED) is 0.548. The topological polar surface area (TPSA) is 85.8 Å². The smallest absolute Gasteiger partial charge is 0.258 e. The van der Waals surface area contributed by atoms with Gasteiger partial charge < -0.3 is 24.4 Å². The van der Waals surface area contributed by atoms with E-state index in [-0.39, 0.29) is 11.8 Å². The van der Waals surface area contributed by atoms with Crippen LogP contribution in [0.4, 0.5) is 11.5 Å². The summed E-state index contributed by atoms with van der Waals surface area (Å²) in [6.07, 6.45) is 2.57. The Hall–Kier alpha value is -3.55. The first kappa shape index (κ1) is 22.6. The molecule has 0 aliphatic carbocycles. The van der Waals surface area contributed by atoms with Crippen LogP contribution in [0, 0.1) is 5.92 Å². The molecule has 1 saturated heterocycles. The van der Waals surface area contributed by atoms with Crippen molar-refractivity contribution in [3.05, 3.63) is 42.5 Å². The molecule has 33 heavy (non-hydrogen) atoms. The molecule has 0 spiro atoms. The third-order valence-corrected chi connectivity index (χ3v) is 5.71. The van der Waals surface area contributed by atoms with E-state index in [1.165, 1.54) is 0 Å². The summed E-state index contributed by atoms with van der Waals surface area (Å²) in [7, 11) is 3.16. The number of para-hydroxylation sites is 2. The average Bonchev–Trinajstić information content (AvgIpc) is 2.86. The molecule has 0 bridgehead atoms. The number of anilines is 2. The van der Waals surface area contributed by atoms with Gasteiger partial charge in [0.25, 0.3) is 5.88 Å². The highest BCUT2D eigenvalue weighted by molar-refractivity contribution is 5.93. The number of nitrogens with one attached hydrogen (secondary N) is 1. The molecular formula is C25H30N4O4. The van der Waals surface area contributed by atoms with Crippen LogP contribution >= 0.6 is 0 Å². The van der Waals surface area contributed by atoms with Gasteiger partial charge in [-0.1, -0.05) is 19.1 Å². The zero-order chi connectivity index (χ0) is 23.2. The fourth-order valence-corrected chi connectivity index (χ4v) is 4.02. The number of nitrogens with zero attached hydrogens (tertiary/aromatic N) is 3. The molecule has 1 aromatic heterocycles. The molecule has 1 fully saturated rings. The fraction of sp³-hybridized carbons (Fsp3) is 0.400. The second-order valence-corrected chi connectivity index (χ2v) is 8.03. The van der Waals surface area contributed by atoms with Gasteiger partial charge in [-0.15, -0.1) is 0 Å². The van der Waals surface area contributed by atoms with Gasteiger partial charge >= 0.3 is 0 Å². The van der Waals surface area contributed by atoms with Crippen LogP contribution in [0.2, 0.25) is 0 Å². The van der Waals surface area contributed by atoms with E-state index in [4.69, 9.17) is 24.2 Å². The van der Waals surface area contributed by atoms with Crippen LogP contribution in [-0.2, 0) is 4.79 Å². The van der Waals surface area contributed by atoms with Gasteiger partial charge in [0.1, 0.15) is 0 Å². The Kier molecular flexibility index (Phi) is 7.12. The van der Waals surface area contributed by atoms with Crippen molar-refractivity contribution in [2.75, 3.05) is 44.1 Å². The van der Waals surface area contributed by atoms with Crippen LogP contribution in [0.15, 0.2) is 42.5 Å². The second-order valence-electron chi connectivity index (χ2n) is 8.03. The number of rotatable bonds is 8. The molecule has 0 saturated carbocycles. The summed E-state index contributed by atoms with van der Waals surface area (Å²) >= 11 is 0. The predicted octanol–water partition coefficient (Wildman–Crippen LogP) is 4.29. The fourth-order valence-electron chi connectivity index (χ4n) is 4.02. The molecule has 1 aliphatic rings. The van der Waals surface area contributed by atoms with Crippen LogP contribution in [0.5, 0.6) is 17.4 Å². The number of carbonyl (C=O) groups excluding carboxylic acids is 1. The third kappa shape index (κ3) is 5.10. The lowest BCUT2D eigenvalue weighted by Crippen LogP contribution is -2.41. The number of amides is 1. The van der Waals surface area contributed by atoms with Gasteiger partial charge in [-0.05, 0) is 43.5 Å². The van der Waals surface area contributed by atoms with Crippen LogP contribution in [0.1, 0.15) is 26.2 Å². The Morgan fingerprint density at radius 3 is 2.58 bits per heavy atom. The molecule has 2 heterocycles. The van der Waals surface area contributed by atoms with Gasteiger partial charge in [0, 0.05) is 24.8 Å². The summed E-state index contributed by atoms with van der Waals surface area (Å²) in [5.41, 5.74) is 2.28. The highest BCUT2D eigenvalue weighted by atomic mass is 16.5.